The van der Waals surface area contributed by atoms with Gasteiger partial charge >= 0.3 is 0 Å². The topological polar surface area (TPSA) is 55.1 Å². The van der Waals surface area contributed by atoms with Crippen LogP contribution >= 0.6 is 0 Å². The normalized spacial score (nSPS) is 11.3. The number of halogens is 1. The van der Waals surface area contributed by atoms with E-state index in [1.54, 1.807) is 13.0 Å². The van der Waals surface area contributed by atoms with Gasteiger partial charge in [0.05, 0.1) is 11.0 Å². The summed E-state index contributed by atoms with van der Waals surface area (Å²) in [7, 11) is 0. The minimum atomic E-state index is -0.257. The summed E-state index contributed by atoms with van der Waals surface area (Å²) in [6.45, 7) is 3.77. The highest BCUT2D eigenvalue weighted by atomic mass is 19.1. The van der Waals surface area contributed by atoms with Crippen molar-refractivity contribution in [1.29, 1.82) is 0 Å². The van der Waals surface area contributed by atoms with Crippen molar-refractivity contribution in [2.45, 2.75) is 20.3 Å². The molecule has 4 rings (SSSR count). The van der Waals surface area contributed by atoms with E-state index in [4.69, 9.17) is 0 Å². The van der Waals surface area contributed by atoms with Crippen LogP contribution in [0.5, 0.6) is 0 Å². The number of hydrogen-bond acceptors (Lipinski definition) is 4. The summed E-state index contributed by atoms with van der Waals surface area (Å²) < 4.78 is 15.8. The smallest absolute Gasteiger partial charge is 0.204 e. The van der Waals surface area contributed by atoms with Crippen LogP contribution in [0.25, 0.3) is 16.7 Å². The molecule has 2 aromatic heterocycles. The molecule has 0 aliphatic rings. The zero-order valence-corrected chi connectivity index (χ0v) is 13.4. The first kappa shape index (κ1) is 14.6. The summed E-state index contributed by atoms with van der Waals surface area (Å²) in [5.74, 6) is 1.17. The van der Waals surface area contributed by atoms with E-state index in [1.165, 1.54) is 6.07 Å². The number of aryl methyl sites for hydroxylation is 2. The fourth-order valence-corrected chi connectivity index (χ4v) is 2.76. The minimum Gasteiger partial charge on any atom is -0.337 e. The van der Waals surface area contributed by atoms with Crippen molar-refractivity contribution in [3.05, 3.63) is 59.7 Å². The molecule has 4 aromatic rings. The lowest BCUT2D eigenvalue weighted by molar-refractivity contribution is 0.619. The van der Waals surface area contributed by atoms with Crippen molar-refractivity contribution < 1.29 is 4.39 Å². The number of fused-ring (bicyclic) bond motifs is 3. The van der Waals surface area contributed by atoms with Crippen LogP contribution in [-0.2, 0) is 6.42 Å². The Bertz CT molecular complexity index is 1050. The molecule has 0 saturated carbocycles. The molecule has 6 heteroatoms. The van der Waals surface area contributed by atoms with Gasteiger partial charge in [0.1, 0.15) is 11.6 Å². The number of nitrogens with one attached hydrogen (secondary N) is 1. The molecule has 2 heterocycles. The first-order valence-corrected chi connectivity index (χ1v) is 7.83. The van der Waals surface area contributed by atoms with Crippen molar-refractivity contribution in [2.75, 3.05) is 5.32 Å². The predicted molar refractivity (Wildman–Crippen MR) is 92.1 cm³/mol. The second-order valence-electron chi connectivity index (χ2n) is 5.67. The summed E-state index contributed by atoms with van der Waals surface area (Å²) in [5.41, 5.74) is 3.65. The fraction of sp³-hybridized carbons (Fsp3) is 0.167. The quantitative estimate of drug-likeness (QED) is 0.619. The third-order valence-corrected chi connectivity index (χ3v) is 4.05. The molecule has 0 amide bonds. The second kappa shape index (κ2) is 5.56. The number of anilines is 2. The molecule has 0 atom stereocenters. The molecule has 120 valence electrons. The lowest BCUT2D eigenvalue weighted by atomic mass is 10.2. The molecule has 1 N–H and O–H groups in total. The zero-order valence-electron chi connectivity index (χ0n) is 13.4. The summed E-state index contributed by atoms with van der Waals surface area (Å²) in [5, 5.41) is 11.7. The Labute approximate surface area is 138 Å². The highest BCUT2D eigenvalue weighted by Crippen LogP contribution is 2.25. The van der Waals surface area contributed by atoms with Crippen molar-refractivity contribution in [1.82, 2.24) is 19.6 Å². The lowest BCUT2D eigenvalue weighted by Crippen LogP contribution is -2.02. The maximum Gasteiger partial charge on any atom is 0.204 e. The highest BCUT2D eigenvalue weighted by molar-refractivity contribution is 5.84. The molecule has 2 aromatic carbocycles. The zero-order chi connectivity index (χ0) is 16.7. The fourth-order valence-electron chi connectivity index (χ4n) is 2.76. The van der Waals surface area contributed by atoms with Crippen LogP contribution in [-0.4, -0.2) is 19.6 Å². The Morgan fingerprint density at radius 2 is 1.96 bits per heavy atom. The van der Waals surface area contributed by atoms with E-state index in [2.05, 4.69) is 20.5 Å². The van der Waals surface area contributed by atoms with E-state index in [1.807, 2.05) is 41.7 Å². The van der Waals surface area contributed by atoms with E-state index < -0.39 is 0 Å². The number of hydrogen-bond donors (Lipinski definition) is 1. The Kier molecular flexibility index (Phi) is 3.37. The number of aromatic nitrogens is 4. The largest absolute Gasteiger partial charge is 0.337 e. The summed E-state index contributed by atoms with van der Waals surface area (Å²) in [6, 6.07) is 12.8. The van der Waals surface area contributed by atoms with Gasteiger partial charge in [0.25, 0.3) is 0 Å². The van der Waals surface area contributed by atoms with E-state index in [-0.39, 0.29) is 5.82 Å². The summed E-state index contributed by atoms with van der Waals surface area (Å²) >= 11 is 0. The first-order valence-electron chi connectivity index (χ1n) is 7.83. The van der Waals surface area contributed by atoms with Gasteiger partial charge in [0.15, 0.2) is 5.82 Å². The van der Waals surface area contributed by atoms with Gasteiger partial charge < -0.3 is 5.32 Å². The van der Waals surface area contributed by atoms with Crippen molar-refractivity contribution in [3.8, 4) is 0 Å². The predicted octanol–water partition coefficient (Wildman–Crippen LogP) is 4.03. The van der Waals surface area contributed by atoms with Gasteiger partial charge in [-0.15, -0.1) is 10.2 Å². The molecule has 0 radical (unpaired) electrons. The van der Waals surface area contributed by atoms with Gasteiger partial charge in [0.2, 0.25) is 5.65 Å². The Balaban J connectivity index is 1.93. The molecule has 0 saturated heterocycles. The number of nitrogens with zero attached hydrogens (tertiary/aromatic N) is 4. The van der Waals surface area contributed by atoms with Crippen molar-refractivity contribution >= 4 is 28.2 Å². The van der Waals surface area contributed by atoms with Crippen LogP contribution in [0.4, 0.5) is 15.9 Å². The standard InChI is InChI=1S/C18H16FN5/c1-3-16-22-23-18-17(20-12-9-8-11(2)13(19)10-12)21-14-6-4-5-7-15(14)24(16)18/h4-10H,3H2,1-2H3,(H,20,21). The molecule has 0 aliphatic carbocycles. The second-order valence-corrected chi connectivity index (χ2v) is 5.67. The minimum absolute atomic E-state index is 0.257. The van der Waals surface area contributed by atoms with Crippen molar-refractivity contribution in [2.24, 2.45) is 0 Å². The molecule has 0 bridgehead atoms. The van der Waals surface area contributed by atoms with Gasteiger partial charge in [-0.1, -0.05) is 25.1 Å². The van der Waals surface area contributed by atoms with Gasteiger partial charge in [-0.05, 0) is 36.8 Å². The first-order chi connectivity index (χ1) is 11.7. The Morgan fingerprint density at radius 3 is 2.75 bits per heavy atom. The SMILES string of the molecule is CCc1nnc2c(Nc3ccc(C)c(F)c3)nc3ccccc3n12. The number of rotatable bonds is 3. The third kappa shape index (κ3) is 2.27. The van der Waals surface area contributed by atoms with E-state index in [0.717, 1.165) is 23.3 Å². The van der Waals surface area contributed by atoms with Crippen LogP contribution in [0, 0.1) is 12.7 Å². The van der Waals surface area contributed by atoms with E-state index in [0.29, 0.717) is 22.7 Å². The summed E-state index contributed by atoms with van der Waals surface area (Å²) in [4.78, 5) is 4.64. The molecule has 0 aliphatic heterocycles. The van der Waals surface area contributed by atoms with Crippen LogP contribution < -0.4 is 5.32 Å². The molecule has 0 fully saturated rings. The number of para-hydroxylation sites is 2. The Morgan fingerprint density at radius 1 is 1.12 bits per heavy atom. The molecular weight excluding hydrogens is 305 g/mol. The Hall–Kier alpha value is -3.02. The molecule has 0 spiro atoms. The average Bonchev–Trinajstić information content (AvgIpc) is 3.03. The van der Waals surface area contributed by atoms with Gasteiger partial charge in [-0.2, -0.15) is 0 Å². The van der Waals surface area contributed by atoms with E-state index in [9.17, 15) is 4.39 Å². The van der Waals surface area contributed by atoms with Crippen LogP contribution in [0.2, 0.25) is 0 Å². The molecular formula is C18H16FN5. The van der Waals surface area contributed by atoms with Crippen LogP contribution in [0.15, 0.2) is 42.5 Å². The summed E-state index contributed by atoms with van der Waals surface area (Å²) in [6.07, 6.45) is 0.758. The van der Waals surface area contributed by atoms with Crippen molar-refractivity contribution in [3.63, 3.8) is 0 Å². The maximum atomic E-state index is 13.8. The van der Waals surface area contributed by atoms with Gasteiger partial charge in [-0.3, -0.25) is 4.40 Å². The molecule has 5 nitrogen and oxygen atoms in total. The highest BCUT2D eigenvalue weighted by Gasteiger charge is 2.14. The average molecular weight is 321 g/mol. The monoisotopic (exact) mass is 321 g/mol. The van der Waals surface area contributed by atoms with Crippen LogP contribution in [0.1, 0.15) is 18.3 Å². The molecule has 0 unspecified atom stereocenters. The van der Waals surface area contributed by atoms with Crippen LogP contribution in [0.3, 0.4) is 0 Å². The lowest BCUT2D eigenvalue weighted by Gasteiger charge is -2.10. The molecule has 24 heavy (non-hydrogen) atoms. The van der Waals surface area contributed by atoms with Gasteiger partial charge in [0, 0.05) is 12.1 Å². The van der Waals surface area contributed by atoms with E-state index >= 15 is 0 Å². The maximum absolute atomic E-state index is 13.8. The third-order valence-electron chi connectivity index (χ3n) is 4.05. The van der Waals surface area contributed by atoms with Gasteiger partial charge in [-0.25, -0.2) is 9.37 Å². The number of benzene rings is 2.